The molecule has 0 aliphatic carbocycles. The van der Waals surface area contributed by atoms with Crippen molar-refractivity contribution in [1.29, 1.82) is 0 Å². The summed E-state index contributed by atoms with van der Waals surface area (Å²) in [5.41, 5.74) is 1.66. The number of rotatable bonds is 4. The van der Waals surface area contributed by atoms with Crippen molar-refractivity contribution in [3.8, 4) is 11.4 Å². The molecule has 1 N–H and O–H groups in total. The molecule has 0 spiro atoms. The van der Waals surface area contributed by atoms with Gasteiger partial charge in [-0.15, -0.1) is 0 Å². The maximum absolute atomic E-state index is 10.8. The van der Waals surface area contributed by atoms with E-state index in [0.29, 0.717) is 11.4 Å². The number of aryl methyl sites for hydroxylation is 1. The van der Waals surface area contributed by atoms with Crippen molar-refractivity contribution in [3.05, 3.63) is 33.9 Å². The molecule has 0 bridgehead atoms. The van der Waals surface area contributed by atoms with E-state index in [2.05, 4.69) is 14.7 Å². The van der Waals surface area contributed by atoms with E-state index in [4.69, 9.17) is 0 Å². The molecule has 100 valence electrons. The molecule has 6 nitrogen and oxygen atoms in total. The van der Waals surface area contributed by atoms with E-state index in [-0.39, 0.29) is 11.7 Å². The molecule has 1 aromatic heterocycles. The van der Waals surface area contributed by atoms with Crippen molar-refractivity contribution < 1.29 is 4.92 Å². The lowest BCUT2D eigenvalue weighted by atomic mass is 10.1. The third kappa shape index (κ3) is 3.05. The molecule has 0 aliphatic heterocycles. The van der Waals surface area contributed by atoms with Crippen LogP contribution in [0.1, 0.15) is 19.4 Å². The molecule has 7 heteroatoms. The Morgan fingerprint density at radius 3 is 2.79 bits per heavy atom. The second-order valence-corrected chi connectivity index (χ2v) is 5.23. The van der Waals surface area contributed by atoms with Gasteiger partial charge in [0, 0.05) is 35.3 Å². The highest BCUT2D eigenvalue weighted by Gasteiger charge is 2.14. The topological polar surface area (TPSA) is 81.0 Å². The van der Waals surface area contributed by atoms with Crippen LogP contribution in [0.25, 0.3) is 11.4 Å². The summed E-state index contributed by atoms with van der Waals surface area (Å²) in [4.78, 5) is 14.7. The van der Waals surface area contributed by atoms with Gasteiger partial charge in [0.05, 0.1) is 4.92 Å². The Bertz CT molecular complexity index is 610. The number of hydrogen-bond donors (Lipinski definition) is 1. The Hall–Kier alpha value is -2.02. The number of nitrogens with one attached hydrogen (secondary N) is 1. The molecule has 19 heavy (non-hydrogen) atoms. The van der Waals surface area contributed by atoms with E-state index < -0.39 is 4.92 Å². The Morgan fingerprint density at radius 1 is 1.42 bits per heavy atom. The van der Waals surface area contributed by atoms with E-state index in [0.717, 1.165) is 10.7 Å². The van der Waals surface area contributed by atoms with Gasteiger partial charge in [0.15, 0.2) is 5.82 Å². The van der Waals surface area contributed by atoms with Crippen LogP contribution in [0.5, 0.6) is 0 Å². The average molecular weight is 278 g/mol. The van der Waals surface area contributed by atoms with E-state index >= 15 is 0 Å². The molecule has 0 unspecified atom stereocenters. The van der Waals surface area contributed by atoms with Gasteiger partial charge in [-0.25, -0.2) is 0 Å². The molecule has 0 saturated heterocycles. The Labute approximate surface area is 114 Å². The summed E-state index contributed by atoms with van der Waals surface area (Å²) in [6.07, 6.45) is 0. The van der Waals surface area contributed by atoms with Crippen LogP contribution in [-0.4, -0.2) is 20.3 Å². The van der Waals surface area contributed by atoms with Crippen LogP contribution < -0.4 is 5.32 Å². The fourth-order valence-corrected chi connectivity index (χ4v) is 2.33. The Balaban J connectivity index is 2.38. The lowest BCUT2D eigenvalue weighted by molar-refractivity contribution is -0.384. The third-order valence-corrected chi connectivity index (χ3v) is 3.16. The van der Waals surface area contributed by atoms with Gasteiger partial charge in [-0.05, 0) is 26.3 Å². The monoisotopic (exact) mass is 278 g/mol. The van der Waals surface area contributed by atoms with E-state index in [1.54, 1.807) is 6.07 Å². The fraction of sp³-hybridized carbons (Fsp3) is 0.333. The molecule has 0 radical (unpaired) electrons. The zero-order valence-electron chi connectivity index (χ0n) is 10.9. The van der Waals surface area contributed by atoms with Gasteiger partial charge in [0.25, 0.3) is 5.69 Å². The van der Waals surface area contributed by atoms with Crippen LogP contribution in [0.4, 0.5) is 10.8 Å². The first-order chi connectivity index (χ1) is 8.97. The predicted molar refractivity (Wildman–Crippen MR) is 75.5 cm³/mol. The van der Waals surface area contributed by atoms with Crippen LogP contribution in [0, 0.1) is 17.0 Å². The van der Waals surface area contributed by atoms with E-state index in [1.165, 1.54) is 23.7 Å². The quantitative estimate of drug-likeness (QED) is 0.686. The van der Waals surface area contributed by atoms with Crippen LogP contribution in [0.15, 0.2) is 18.2 Å². The zero-order chi connectivity index (χ0) is 14.0. The fourth-order valence-electron chi connectivity index (χ4n) is 1.60. The number of aromatic nitrogens is 2. The molecule has 0 saturated carbocycles. The van der Waals surface area contributed by atoms with Crippen LogP contribution >= 0.6 is 11.5 Å². The first-order valence-corrected chi connectivity index (χ1v) is 6.60. The van der Waals surface area contributed by atoms with Crippen LogP contribution in [0.2, 0.25) is 0 Å². The predicted octanol–water partition coefficient (Wildman–Crippen LogP) is 3.24. The van der Waals surface area contributed by atoms with E-state index in [9.17, 15) is 10.1 Å². The van der Waals surface area contributed by atoms with Gasteiger partial charge in [-0.3, -0.25) is 10.1 Å². The second kappa shape index (κ2) is 5.31. The standard InChI is InChI=1S/C12H14N4O2S/c1-7(2)13-12-14-11(15-19-12)10-6-9(16(17)18)5-4-8(10)3/h4-7H,1-3H3,(H,13,14,15). The molecule has 2 aromatic rings. The molecule has 1 heterocycles. The highest BCUT2D eigenvalue weighted by Crippen LogP contribution is 2.27. The molecule has 0 aliphatic rings. The minimum Gasteiger partial charge on any atom is -0.358 e. The normalized spacial score (nSPS) is 10.7. The number of anilines is 1. The van der Waals surface area contributed by atoms with Gasteiger partial charge in [0.1, 0.15) is 0 Å². The summed E-state index contributed by atoms with van der Waals surface area (Å²) in [6, 6.07) is 4.98. The van der Waals surface area contributed by atoms with E-state index in [1.807, 2.05) is 20.8 Å². The molecule has 0 amide bonds. The largest absolute Gasteiger partial charge is 0.358 e. The summed E-state index contributed by atoms with van der Waals surface area (Å²) in [7, 11) is 0. The van der Waals surface area contributed by atoms with Crippen LogP contribution in [-0.2, 0) is 0 Å². The van der Waals surface area contributed by atoms with Gasteiger partial charge in [0.2, 0.25) is 5.13 Å². The molecular weight excluding hydrogens is 264 g/mol. The summed E-state index contributed by atoms with van der Waals surface area (Å²) in [5.74, 6) is 0.523. The number of nitrogens with zero attached hydrogens (tertiary/aromatic N) is 3. The number of hydrogen-bond acceptors (Lipinski definition) is 6. The van der Waals surface area contributed by atoms with Crippen molar-refractivity contribution in [2.45, 2.75) is 26.8 Å². The van der Waals surface area contributed by atoms with Crippen LogP contribution in [0.3, 0.4) is 0 Å². The van der Waals surface area contributed by atoms with Gasteiger partial charge in [-0.2, -0.15) is 9.36 Å². The van der Waals surface area contributed by atoms with Crippen molar-refractivity contribution in [2.24, 2.45) is 0 Å². The number of nitro groups is 1. The first kappa shape index (κ1) is 13.4. The summed E-state index contributed by atoms with van der Waals surface area (Å²) in [5, 5.41) is 14.7. The van der Waals surface area contributed by atoms with Crippen molar-refractivity contribution >= 4 is 22.4 Å². The highest BCUT2D eigenvalue weighted by molar-refractivity contribution is 7.09. The SMILES string of the molecule is Cc1ccc([N+](=O)[O-])cc1-c1nsc(NC(C)C)n1. The van der Waals surface area contributed by atoms with Crippen molar-refractivity contribution in [3.63, 3.8) is 0 Å². The Kier molecular flexibility index (Phi) is 3.75. The Morgan fingerprint density at radius 2 is 2.16 bits per heavy atom. The minimum atomic E-state index is -0.414. The summed E-state index contributed by atoms with van der Waals surface area (Å²) < 4.78 is 4.25. The smallest absolute Gasteiger partial charge is 0.270 e. The number of benzene rings is 1. The van der Waals surface area contributed by atoms with Crippen molar-refractivity contribution in [2.75, 3.05) is 5.32 Å². The summed E-state index contributed by atoms with van der Waals surface area (Å²) in [6.45, 7) is 5.91. The maximum atomic E-state index is 10.8. The maximum Gasteiger partial charge on any atom is 0.270 e. The van der Waals surface area contributed by atoms with Gasteiger partial charge >= 0.3 is 0 Å². The lowest BCUT2D eigenvalue weighted by Gasteiger charge is -2.04. The molecule has 0 fully saturated rings. The van der Waals surface area contributed by atoms with Gasteiger partial charge in [-0.1, -0.05) is 6.07 Å². The molecule has 2 rings (SSSR count). The van der Waals surface area contributed by atoms with Crippen molar-refractivity contribution in [1.82, 2.24) is 9.36 Å². The molecule has 1 aromatic carbocycles. The lowest BCUT2D eigenvalue weighted by Crippen LogP contribution is -2.09. The zero-order valence-corrected chi connectivity index (χ0v) is 11.7. The highest BCUT2D eigenvalue weighted by atomic mass is 32.1. The first-order valence-electron chi connectivity index (χ1n) is 5.83. The second-order valence-electron chi connectivity index (χ2n) is 4.48. The number of non-ortho nitro benzene ring substituents is 1. The number of nitro benzene ring substituents is 1. The molecular formula is C12H14N4O2S. The third-order valence-electron chi connectivity index (χ3n) is 2.51. The van der Waals surface area contributed by atoms with Gasteiger partial charge < -0.3 is 5.32 Å². The summed E-state index contributed by atoms with van der Waals surface area (Å²) >= 11 is 1.25. The minimum absolute atomic E-state index is 0.0498. The molecule has 0 atom stereocenters. The average Bonchev–Trinajstić information content (AvgIpc) is 2.76.